The molecule has 0 aliphatic rings. The molecule has 0 radical (unpaired) electrons. The number of benzene rings is 2. The van der Waals surface area contributed by atoms with Crippen molar-refractivity contribution in [3.8, 4) is 5.75 Å². The second kappa shape index (κ2) is 5.95. The summed E-state index contributed by atoms with van der Waals surface area (Å²) in [6.45, 7) is 1.69. The Kier molecular flexibility index (Phi) is 4.44. The molecule has 4 nitrogen and oxygen atoms in total. The Hall–Kier alpha value is -1.72. The molecular formula is C15H16ClNO3S. The van der Waals surface area contributed by atoms with Crippen molar-refractivity contribution in [1.29, 1.82) is 0 Å². The highest BCUT2D eigenvalue weighted by Crippen LogP contribution is 2.29. The molecule has 112 valence electrons. The zero-order chi connectivity index (χ0) is 15.6. The van der Waals surface area contributed by atoms with Crippen molar-refractivity contribution in [3.63, 3.8) is 0 Å². The molecule has 0 atom stereocenters. The zero-order valence-electron chi connectivity index (χ0n) is 11.8. The van der Waals surface area contributed by atoms with Gasteiger partial charge in [0.05, 0.1) is 17.8 Å². The van der Waals surface area contributed by atoms with E-state index < -0.39 is 9.84 Å². The van der Waals surface area contributed by atoms with Gasteiger partial charge in [0.2, 0.25) is 0 Å². The van der Waals surface area contributed by atoms with Gasteiger partial charge in [-0.3, -0.25) is 0 Å². The molecule has 0 aliphatic heterocycles. The van der Waals surface area contributed by atoms with E-state index in [0.717, 1.165) is 0 Å². The number of rotatable bonds is 4. The smallest absolute Gasteiger partial charge is 0.182 e. The number of hydrogen-bond donors (Lipinski definition) is 1. The van der Waals surface area contributed by atoms with E-state index in [1.54, 1.807) is 43.3 Å². The first kappa shape index (κ1) is 15.7. The number of nitrogens with two attached hydrogens (primary N) is 1. The standard InChI is InChI=1S/C15H16ClNO3S/c1-10-13(17)4-3-5-15(10)21(18,19)9-11-8-12(16)6-7-14(11)20-2/h3-8H,9,17H2,1-2H3. The van der Waals surface area contributed by atoms with Crippen LogP contribution in [0, 0.1) is 6.92 Å². The average Bonchev–Trinajstić information content (AvgIpc) is 2.41. The van der Waals surface area contributed by atoms with E-state index in [-0.39, 0.29) is 10.6 Å². The van der Waals surface area contributed by atoms with Gasteiger partial charge >= 0.3 is 0 Å². The molecule has 0 unspecified atom stereocenters. The Balaban J connectivity index is 2.47. The van der Waals surface area contributed by atoms with Gasteiger partial charge < -0.3 is 10.5 Å². The minimum atomic E-state index is -3.53. The molecule has 0 saturated heterocycles. The van der Waals surface area contributed by atoms with Crippen LogP contribution in [-0.2, 0) is 15.6 Å². The monoisotopic (exact) mass is 325 g/mol. The van der Waals surface area contributed by atoms with Crippen LogP contribution in [0.15, 0.2) is 41.3 Å². The molecule has 2 aromatic rings. The fourth-order valence-electron chi connectivity index (χ4n) is 2.11. The van der Waals surface area contributed by atoms with Crippen LogP contribution in [0.2, 0.25) is 5.02 Å². The van der Waals surface area contributed by atoms with Gasteiger partial charge in [0.15, 0.2) is 9.84 Å². The fraction of sp³-hybridized carbons (Fsp3) is 0.200. The molecule has 0 aromatic heterocycles. The number of ether oxygens (including phenoxy) is 1. The maximum absolute atomic E-state index is 12.6. The molecule has 0 bridgehead atoms. The van der Waals surface area contributed by atoms with Crippen molar-refractivity contribution >= 4 is 27.1 Å². The van der Waals surface area contributed by atoms with Crippen LogP contribution in [0.1, 0.15) is 11.1 Å². The van der Waals surface area contributed by atoms with Crippen LogP contribution >= 0.6 is 11.6 Å². The zero-order valence-corrected chi connectivity index (χ0v) is 13.3. The number of hydrogen-bond acceptors (Lipinski definition) is 4. The Morgan fingerprint density at radius 3 is 2.62 bits per heavy atom. The topological polar surface area (TPSA) is 69.4 Å². The molecule has 0 heterocycles. The van der Waals surface area contributed by atoms with Crippen molar-refractivity contribution in [2.75, 3.05) is 12.8 Å². The molecule has 2 aromatic carbocycles. The highest BCUT2D eigenvalue weighted by atomic mass is 35.5. The average molecular weight is 326 g/mol. The lowest BCUT2D eigenvalue weighted by atomic mass is 10.2. The van der Waals surface area contributed by atoms with E-state index in [2.05, 4.69) is 0 Å². The number of sulfone groups is 1. The predicted molar refractivity (Wildman–Crippen MR) is 84.5 cm³/mol. The summed E-state index contributed by atoms with van der Waals surface area (Å²) < 4.78 is 30.4. The Morgan fingerprint density at radius 1 is 1.24 bits per heavy atom. The van der Waals surface area contributed by atoms with Crippen LogP contribution in [0.25, 0.3) is 0 Å². The normalized spacial score (nSPS) is 11.4. The lowest BCUT2D eigenvalue weighted by molar-refractivity contribution is 0.411. The first-order valence-electron chi connectivity index (χ1n) is 6.25. The first-order valence-corrected chi connectivity index (χ1v) is 8.28. The van der Waals surface area contributed by atoms with Gasteiger partial charge in [0, 0.05) is 16.3 Å². The summed E-state index contributed by atoms with van der Waals surface area (Å²) in [6.07, 6.45) is 0. The molecular weight excluding hydrogens is 310 g/mol. The number of nitrogen functional groups attached to an aromatic ring is 1. The van der Waals surface area contributed by atoms with Gasteiger partial charge in [-0.2, -0.15) is 0 Å². The van der Waals surface area contributed by atoms with Gasteiger partial charge in [-0.05, 0) is 42.8 Å². The van der Waals surface area contributed by atoms with E-state index in [4.69, 9.17) is 22.1 Å². The summed E-state index contributed by atoms with van der Waals surface area (Å²) >= 11 is 5.93. The van der Waals surface area contributed by atoms with Crippen LogP contribution in [0.3, 0.4) is 0 Å². The van der Waals surface area contributed by atoms with Gasteiger partial charge in [-0.1, -0.05) is 17.7 Å². The molecule has 6 heteroatoms. The second-order valence-electron chi connectivity index (χ2n) is 4.69. The highest BCUT2D eigenvalue weighted by Gasteiger charge is 2.21. The van der Waals surface area contributed by atoms with E-state index in [1.165, 1.54) is 7.11 Å². The lowest BCUT2D eigenvalue weighted by Gasteiger charge is -2.12. The summed E-state index contributed by atoms with van der Waals surface area (Å²) in [5.74, 6) is 0.297. The van der Waals surface area contributed by atoms with Gasteiger partial charge in [0.1, 0.15) is 5.75 Å². The molecule has 0 spiro atoms. The van der Waals surface area contributed by atoms with Crippen molar-refractivity contribution in [1.82, 2.24) is 0 Å². The third-order valence-corrected chi connectivity index (χ3v) is 5.29. The third kappa shape index (κ3) is 3.31. The summed E-state index contributed by atoms with van der Waals surface area (Å²) in [6, 6.07) is 9.76. The van der Waals surface area contributed by atoms with Crippen molar-refractivity contribution in [3.05, 3.63) is 52.5 Å². The van der Waals surface area contributed by atoms with Crippen LogP contribution in [0.4, 0.5) is 5.69 Å². The summed E-state index contributed by atoms with van der Waals surface area (Å²) in [5, 5.41) is 0.463. The Labute approximate surface area is 129 Å². The lowest BCUT2D eigenvalue weighted by Crippen LogP contribution is -2.09. The highest BCUT2D eigenvalue weighted by molar-refractivity contribution is 7.90. The molecule has 21 heavy (non-hydrogen) atoms. The molecule has 2 rings (SSSR count). The van der Waals surface area contributed by atoms with Gasteiger partial charge in [0.25, 0.3) is 0 Å². The molecule has 2 N–H and O–H groups in total. The molecule has 0 fully saturated rings. The molecule has 0 saturated carbocycles. The van der Waals surface area contributed by atoms with E-state index in [0.29, 0.717) is 27.6 Å². The van der Waals surface area contributed by atoms with Gasteiger partial charge in [-0.25, -0.2) is 8.42 Å². The fourth-order valence-corrected chi connectivity index (χ4v) is 3.97. The minimum Gasteiger partial charge on any atom is -0.496 e. The second-order valence-corrected chi connectivity index (χ2v) is 7.08. The summed E-state index contributed by atoms with van der Waals surface area (Å²) in [7, 11) is -2.04. The summed E-state index contributed by atoms with van der Waals surface area (Å²) in [5.41, 5.74) is 7.31. The summed E-state index contributed by atoms with van der Waals surface area (Å²) in [4.78, 5) is 0.226. The third-order valence-electron chi connectivity index (χ3n) is 3.25. The van der Waals surface area contributed by atoms with Crippen LogP contribution in [0.5, 0.6) is 5.75 Å². The van der Waals surface area contributed by atoms with Crippen LogP contribution < -0.4 is 10.5 Å². The number of methoxy groups -OCH3 is 1. The van der Waals surface area contributed by atoms with Crippen molar-refractivity contribution in [2.24, 2.45) is 0 Å². The largest absolute Gasteiger partial charge is 0.496 e. The minimum absolute atomic E-state index is 0.193. The van der Waals surface area contributed by atoms with E-state index in [1.807, 2.05) is 0 Å². The first-order chi connectivity index (χ1) is 9.85. The van der Waals surface area contributed by atoms with Crippen molar-refractivity contribution in [2.45, 2.75) is 17.6 Å². The Bertz CT molecular complexity index is 772. The van der Waals surface area contributed by atoms with Crippen LogP contribution in [-0.4, -0.2) is 15.5 Å². The quantitative estimate of drug-likeness (QED) is 0.876. The maximum Gasteiger partial charge on any atom is 0.182 e. The van der Waals surface area contributed by atoms with Crippen molar-refractivity contribution < 1.29 is 13.2 Å². The maximum atomic E-state index is 12.6. The molecule has 0 aliphatic carbocycles. The SMILES string of the molecule is COc1ccc(Cl)cc1CS(=O)(=O)c1cccc(N)c1C. The van der Waals surface area contributed by atoms with E-state index in [9.17, 15) is 8.42 Å². The number of halogens is 1. The Morgan fingerprint density at radius 2 is 1.95 bits per heavy atom. The number of anilines is 1. The molecule has 0 amide bonds. The van der Waals surface area contributed by atoms with Gasteiger partial charge in [-0.15, -0.1) is 0 Å². The van der Waals surface area contributed by atoms with E-state index >= 15 is 0 Å². The predicted octanol–water partition coefficient (Wildman–Crippen LogP) is 3.21.